The number of hydrogen-bond donors (Lipinski definition) is 1. The van der Waals surface area contributed by atoms with Crippen LogP contribution in [-0.4, -0.2) is 28.1 Å². The van der Waals surface area contributed by atoms with E-state index < -0.39 is 0 Å². The highest BCUT2D eigenvalue weighted by atomic mass is 16.6. The second kappa shape index (κ2) is 7.26. The predicted molar refractivity (Wildman–Crippen MR) is 113 cm³/mol. The Morgan fingerprint density at radius 1 is 1.00 bits per heavy atom. The van der Waals surface area contributed by atoms with Gasteiger partial charge in [-0.25, -0.2) is 0 Å². The van der Waals surface area contributed by atoms with Gasteiger partial charge in [-0.3, -0.25) is 14.2 Å². The predicted octanol–water partition coefficient (Wildman–Crippen LogP) is 2.90. The standard InChI is InChI=1S/C23H21N3O4/c1-15(16-8-9-20-21(13-16)30-12-11-29-20)24-22(27)14-26-18-6-3-2-5-17(18)25-10-4-7-19(25)23(26)28/h2-10,13,15H,11-12,14H2,1H3,(H,24,27). The third-order valence-electron chi connectivity index (χ3n) is 5.39. The molecule has 4 aromatic rings. The average Bonchev–Trinajstić information content (AvgIpc) is 3.27. The van der Waals surface area contributed by atoms with Gasteiger partial charge in [-0.1, -0.05) is 18.2 Å². The van der Waals surface area contributed by atoms with Crippen LogP contribution in [-0.2, 0) is 11.3 Å². The van der Waals surface area contributed by atoms with E-state index in [1.807, 2.05) is 66.1 Å². The molecule has 152 valence electrons. The number of hydrogen-bond acceptors (Lipinski definition) is 4. The summed E-state index contributed by atoms with van der Waals surface area (Å²) < 4.78 is 14.6. The molecule has 0 bridgehead atoms. The number of rotatable bonds is 4. The van der Waals surface area contributed by atoms with E-state index in [9.17, 15) is 9.59 Å². The number of nitrogens with zero attached hydrogens (tertiary/aromatic N) is 2. The Morgan fingerprint density at radius 2 is 1.73 bits per heavy atom. The van der Waals surface area contributed by atoms with Crippen LogP contribution >= 0.6 is 0 Å². The number of amides is 1. The highest BCUT2D eigenvalue weighted by Crippen LogP contribution is 2.32. The zero-order chi connectivity index (χ0) is 20.7. The summed E-state index contributed by atoms with van der Waals surface area (Å²) >= 11 is 0. The van der Waals surface area contributed by atoms with Crippen LogP contribution in [0.25, 0.3) is 16.6 Å². The molecule has 1 aliphatic heterocycles. The van der Waals surface area contributed by atoms with E-state index in [2.05, 4.69) is 5.32 Å². The zero-order valence-corrected chi connectivity index (χ0v) is 16.5. The van der Waals surface area contributed by atoms with Crippen LogP contribution in [0.15, 0.2) is 65.6 Å². The lowest BCUT2D eigenvalue weighted by Crippen LogP contribution is -2.34. The van der Waals surface area contributed by atoms with E-state index in [-0.39, 0.29) is 24.1 Å². The smallest absolute Gasteiger partial charge is 0.275 e. The number of benzene rings is 2. The minimum atomic E-state index is -0.243. The first-order valence-corrected chi connectivity index (χ1v) is 9.89. The molecule has 2 aromatic heterocycles. The molecule has 2 aromatic carbocycles. The third kappa shape index (κ3) is 3.08. The summed E-state index contributed by atoms with van der Waals surface area (Å²) in [7, 11) is 0. The molecular formula is C23H21N3O4. The number of nitrogens with one attached hydrogen (secondary N) is 1. The van der Waals surface area contributed by atoms with Gasteiger partial charge in [-0.05, 0) is 48.9 Å². The molecule has 0 saturated heterocycles. The second-order valence-corrected chi connectivity index (χ2v) is 7.34. The molecule has 1 N–H and O–H groups in total. The molecule has 30 heavy (non-hydrogen) atoms. The Labute approximate surface area is 172 Å². The van der Waals surface area contributed by atoms with Crippen LogP contribution in [0.5, 0.6) is 11.5 Å². The molecule has 1 unspecified atom stereocenters. The number of fused-ring (bicyclic) bond motifs is 4. The van der Waals surface area contributed by atoms with Gasteiger partial charge in [-0.15, -0.1) is 0 Å². The molecule has 0 spiro atoms. The summed E-state index contributed by atoms with van der Waals surface area (Å²) in [4.78, 5) is 25.8. The lowest BCUT2D eigenvalue weighted by atomic mass is 10.1. The zero-order valence-electron chi connectivity index (χ0n) is 16.5. The van der Waals surface area contributed by atoms with Crippen LogP contribution in [0.4, 0.5) is 0 Å². The maximum Gasteiger partial charge on any atom is 0.275 e. The van der Waals surface area contributed by atoms with Gasteiger partial charge >= 0.3 is 0 Å². The topological polar surface area (TPSA) is 74.0 Å². The maximum absolute atomic E-state index is 13.0. The average molecular weight is 403 g/mol. The van der Waals surface area contributed by atoms with Crippen molar-refractivity contribution in [2.24, 2.45) is 0 Å². The fourth-order valence-corrected chi connectivity index (χ4v) is 3.91. The van der Waals surface area contributed by atoms with E-state index in [4.69, 9.17) is 9.47 Å². The van der Waals surface area contributed by atoms with Crippen molar-refractivity contribution in [1.29, 1.82) is 0 Å². The molecule has 0 saturated carbocycles. The molecule has 1 amide bonds. The van der Waals surface area contributed by atoms with Crippen molar-refractivity contribution in [3.05, 3.63) is 76.7 Å². The lowest BCUT2D eigenvalue weighted by Gasteiger charge is -2.21. The summed E-state index contributed by atoms with van der Waals surface area (Å²) in [6, 6.07) is 16.6. The normalized spacial score (nSPS) is 14.0. The summed E-state index contributed by atoms with van der Waals surface area (Å²) in [6.45, 7) is 2.89. The first kappa shape index (κ1) is 18.3. The SMILES string of the molecule is CC(NC(=O)Cn1c(=O)c2cccn2c2ccccc21)c1ccc2c(c1)OCCO2. The third-order valence-corrected chi connectivity index (χ3v) is 5.39. The quantitative estimate of drug-likeness (QED) is 0.569. The molecule has 7 nitrogen and oxygen atoms in total. The van der Waals surface area contributed by atoms with Crippen molar-refractivity contribution < 1.29 is 14.3 Å². The minimum absolute atomic E-state index is 0.0596. The van der Waals surface area contributed by atoms with E-state index >= 15 is 0 Å². The van der Waals surface area contributed by atoms with E-state index in [1.54, 1.807) is 6.07 Å². The van der Waals surface area contributed by atoms with Gasteiger partial charge in [0.15, 0.2) is 11.5 Å². The number of carbonyl (C=O) groups is 1. The van der Waals surface area contributed by atoms with Crippen molar-refractivity contribution in [2.75, 3.05) is 13.2 Å². The van der Waals surface area contributed by atoms with Crippen LogP contribution in [0.1, 0.15) is 18.5 Å². The van der Waals surface area contributed by atoms with Crippen molar-refractivity contribution in [1.82, 2.24) is 14.3 Å². The van der Waals surface area contributed by atoms with Gasteiger partial charge in [0.2, 0.25) is 5.91 Å². The molecule has 1 aliphatic rings. The monoisotopic (exact) mass is 403 g/mol. The van der Waals surface area contributed by atoms with Crippen LogP contribution in [0.2, 0.25) is 0 Å². The Bertz CT molecular complexity index is 1320. The first-order valence-electron chi connectivity index (χ1n) is 9.89. The molecule has 5 rings (SSSR count). The van der Waals surface area contributed by atoms with E-state index in [0.29, 0.717) is 35.7 Å². The molecule has 7 heteroatoms. The molecule has 3 heterocycles. The van der Waals surface area contributed by atoms with Gasteiger partial charge in [-0.2, -0.15) is 0 Å². The molecule has 0 radical (unpaired) electrons. The van der Waals surface area contributed by atoms with Crippen molar-refractivity contribution >= 4 is 22.5 Å². The first-order chi connectivity index (χ1) is 14.6. The Balaban J connectivity index is 1.42. The fourth-order valence-electron chi connectivity index (χ4n) is 3.91. The van der Waals surface area contributed by atoms with E-state index in [1.165, 1.54) is 4.57 Å². The lowest BCUT2D eigenvalue weighted by molar-refractivity contribution is -0.122. The van der Waals surface area contributed by atoms with Crippen molar-refractivity contribution in [2.45, 2.75) is 19.5 Å². The maximum atomic E-state index is 13.0. The molecule has 0 fully saturated rings. The highest BCUT2D eigenvalue weighted by Gasteiger charge is 2.17. The summed E-state index contributed by atoms with van der Waals surface area (Å²) in [5.41, 5.74) is 2.85. The fraction of sp³-hybridized carbons (Fsp3) is 0.217. The van der Waals surface area contributed by atoms with Gasteiger partial charge in [0.05, 0.1) is 17.1 Å². The van der Waals surface area contributed by atoms with Crippen LogP contribution in [0, 0.1) is 0 Å². The Hall–Kier alpha value is -3.74. The second-order valence-electron chi connectivity index (χ2n) is 7.34. The van der Waals surface area contributed by atoms with Crippen LogP contribution < -0.4 is 20.3 Å². The van der Waals surface area contributed by atoms with Crippen molar-refractivity contribution in [3.8, 4) is 11.5 Å². The Morgan fingerprint density at radius 3 is 2.57 bits per heavy atom. The van der Waals surface area contributed by atoms with Crippen molar-refractivity contribution in [3.63, 3.8) is 0 Å². The van der Waals surface area contributed by atoms with Crippen LogP contribution in [0.3, 0.4) is 0 Å². The molecule has 0 aliphatic carbocycles. The van der Waals surface area contributed by atoms with Gasteiger partial charge in [0.1, 0.15) is 25.3 Å². The largest absolute Gasteiger partial charge is 0.486 e. The minimum Gasteiger partial charge on any atom is -0.486 e. The number of ether oxygens (including phenoxy) is 2. The summed E-state index contributed by atoms with van der Waals surface area (Å²) in [5, 5.41) is 2.98. The van der Waals surface area contributed by atoms with E-state index in [0.717, 1.165) is 11.1 Å². The van der Waals surface area contributed by atoms with Gasteiger partial charge < -0.3 is 19.2 Å². The molecular weight excluding hydrogens is 382 g/mol. The van der Waals surface area contributed by atoms with Gasteiger partial charge in [0, 0.05) is 6.20 Å². The Kier molecular flexibility index (Phi) is 4.43. The highest BCUT2D eigenvalue weighted by molar-refractivity contribution is 5.82. The number of aromatic nitrogens is 2. The summed E-state index contributed by atoms with van der Waals surface area (Å²) in [6.07, 6.45) is 1.85. The number of para-hydroxylation sites is 2. The van der Waals surface area contributed by atoms with Gasteiger partial charge in [0.25, 0.3) is 5.56 Å². The summed E-state index contributed by atoms with van der Waals surface area (Å²) in [5.74, 6) is 1.16. The molecule has 1 atom stereocenters. The number of carbonyl (C=O) groups excluding carboxylic acids is 1.